The van der Waals surface area contributed by atoms with Crippen LogP contribution in [-0.2, 0) is 5.75 Å². The van der Waals surface area contributed by atoms with Gasteiger partial charge in [0.1, 0.15) is 5.01 Å². The van der Waals surface area contributed by atoms with Gasteiger partial charge in [0.2, 0.25) is 0 Å². The topological polar surface area (TPSA) is 37.8 Å². The molecule has 98 valence electrons. The predicted octanol–water partition coefficient (Wildman–Crippen LogP) is 4.34. The summed E-state index contributed by atoms with van der Waals surface area (Å²) in [6.07, 6.45) is 3.06. The van der Waals surface area contributed by atoms with Crippen LogP contribution in [0.1, 0.15) is 25.3 Å². The first-order valence-electron chi connectivity index (χ1n) is 6.05. The average Bonchev–Trinajstić information content (AvgIpc) is 3.02. The molecule has 0 saturated heterocycles. The highest BCUT2D eigenvalue weighted by Gasteiger charge is 2.08. The molecular weight excluding hydrogens is 282 g/mol. The monoisotopic (exact) mass is 299 g/mol. The van der Waals surface area contributed by atoms with Crippen LogP contribution in [0.25, 0.3) is 10.6 Å². The van der Waals surface area contributed by atoms with E-state index in [1.165, 1.54) is 9.88 Å². The lowest BCUT2D eigenvalue weighted by Crippen LogP contribution is -1.98. The van der Waals surface area contributed by atoms with Crippen LogP contribution in [-0.4, -0.2) is 22.3 Å². The van der Waals surface area contributed by atoms with Gasteiger partial charge in [-0.05, 0) is 12.2 Å². The van der Waals surface area contributed by atoms with Gasteiger partial charge in [0.25, 0.3) is 0 Å². The van der Waals surface area contributed by atoms with Crippen molar-refractivity contribution in [1.29, 1.82) is 0 Å². The molecule has 2 rings (SSSR count). The van der Waals surface area contributed by atoms with Crippen LogP contribution in [0.3, 0.4) is 0 Å². The summed E-state index contributed by atoms with van der Waals surface area (Å²) in [6, 6.07) is 0. The van der Waals surface area contributed by atoms with E-state index in [1.807, 2.05) is 18.0 Å². The Morgan fingerprint density at radius 1 is 1.39 bits per heavy atom. The van der Waals surface area contributed by atoms with Crippen LogP contribution in [0, 0.1) is 0 Å². The van der Waals surface area contributed by atoms with Crippen LogP contribution in [0.2, 0.25) is 0 Å². The van der Waals surface area contributed by atoms with Crippen molar-refractivity contribution in [3.05, 3.63) is 16.6 Å². The fourth-order valence-corrected chi connectivity index (χ4v) is 3.81. The van der Waals surface area contributed by atoms with E-state index in [-0.39, 0.29) is 0 Å². The second-order valence-electron chi connectivity index (χ2n) is 3.72. The standard InChI is InChI=1S/C12H17N3S3/c1-3-5-13-12-15-9(7-17-12)10-6-14-11(18-10)8-16-4-2/h6-7H,3-5,8H2,1-2H3,(H,13,15). The first-order chi connectivity index (χ1) is 8.83. The lowest BCUT2D eigenvalue weighted by atomic mass is 10.4. The van der Waals surface area contributed by atoms with E-state index in [9.17, 15) is 0 Å². The molecule has 1 N–H and O–H groups in total. The average molecular weight is 299 g/mol. The maximum absolute atomic E-state index is 4.58. The molecule has 0 aliphatic rings. The summed E-state index contributed by atoms with van der Waals surface area (Å²) in [7, 11) is 0. The smallest absolute Gasteiger partial charge is 0.183 e. The minimum atomic E-state index is 0.980. The van der Waals surface area contributed by atoms with Gasteiger partial charge in [0.15, 0.2) is 5.13 Å². The molecule has 18 heavy (non-hydrogen) atoms. The van der Waals surface area contributed by atoms with E-state index in [0.717, 1.165) is 35.3 Å². The van der Waals surface area contributed by atoms with Gasteiger partial charge in [-0.1, -0.05) is 13.8 Å². The first kappa shape index (κ1) is 13.8. The van der Waals surface area contributed by atoms with Crippen molar-refractivity contribution in [1.82, 2.24) is 9.97 Å². The third-order valence-electron chi connectivity index (χ3n) is 2.27. The van der Waals surface area contributed by atoms with Gasteiger partial charge >= 0.3 is 0 Å². The fourth-order valence-electron chi connectivity index (χ4n) is 1.38. The Balaban J connectivity index is 2.01. The quantitative estimate of drug-likeness (QED) is 0.825. The highest BCUT2D eigenvalue weighted by atomic mass is 32.2. The lowest BCUT2D eigenvalue weighted by molar-refractivity contribution is 0.976. The van der Waals surface area contributed by atoms with Crippen molar-refractivity contribution < 1.29 is 0 Å². The molecule has 0 aromatic carbocycles. The summed E-state index contributed by atoms with van der Waals surface area (Å²) in [4.78, 5) is 10.2. The molecule has 0 aliphatic heterocycles. The molecule has 2 aromatic rings. The van der Waals surface area contributed by atoms with Gasteiger partial charge in [0.05, 0.1) is 10.6 Å². The number of hydrogen-bond donors (Lipinski definition) is 1. The van der Waals surface area contributed by atoms with Crippen LogP contribution < -0.4 is 5.32 Å². The van der Waals surface area contributed by atoms with E-state index in [4.69, 9.17) is 0 Å². The number of aromatic nitrogens is 2. The molecule has 0 aliphatic carbocycles. The van der Waals surface area contributed by atoms with E-state index in [0.29, 0.717) is 0 Å². The molecular formula is C12H17N3S3. The Morgan fingerprint density at radius 2 is 2.28 bits per heavy atom. The molecule has 2 aromatic heterocycles. The van der Waals surface area contributed by atoms with E-state index in [2.05, 4.69) is 34.5 Å². The van der Waals surface area contributed by atoms with Crippen molar-refractivity contribution in [3.63, 3.8) is 0 Å². The molecule has 0 amide bonds. The zero-order valence-corrected chi connectivity index (χ0v) is 13.1. The Labute approximate surface area is 120 Å². The Hall–Kier alpha value is -0.590. The number of rotatable bonds is 7. The molecule has 6 heteroatoms. The van der Waals surface area contributed by atoms with Crippen molar-refractivity contribution in [3.8, 4) is 10.6 Å². The Morgan fingerprint density at radius 3 is 3.06 bits per heavy atom. The number of nitrogens with one attached hydrogen (secondary N) is 1. The predicted molar refractivity (Wildman–Crippen MR) is 83.8 cm³/mol. The zero-order valence-electron chi connectivity index (χ0n) is 10.6. The normalized spacial score (nSPS) is 10.8. The molecule has 0 atom stereocenters. The van der Waals surface area contributed by atoms with Crippen molar-refractivity contribution in [2.75, 3.05) is 17.6 Å². The van der Waals surface area contributed by atoms with E-state index < -0.39 is 0 Å². The second kappa shape index (κ2) is 7.11. The Kier molecular flexibility index (Phi) is 5.46. The summed E-state index contributed by atoms with van der Waals surface area (Å²) < 4.78 is 0. The second-order valence-corrected chi connectivity index (χ2v) is 6.97. The minimum Gasteiger partial charge on any atom is -0.362 e. The first-order valence-corrected chi connectivity index (χ1v) is 8.90. The minimum absolute atomic E-state index is 0.980. The van der Waals surface area contributed by atoms with Gasteiger partial charge in [-0.2, -0.15) is 11.8 Å². The highest BCUT2D eigenvalue weighted by Crippen LogP contribution is 2.30. The largest absolute Gasteiger partial charge is 0.362 e. The van der Waals surface area contributed by atoms with Gasteiger partial charge in [-0.25, -0.2) is 9.97 Å². The number of hydrogen-bond acceptors (Lipinski definition) is 6. The van der Waals surface area contributed by atoms with Crippen LogP contribution in [0.4, 0.5) is 5.13 Å². The number of anilines is 1. The molecule has 0 spiro atoms. The summed E-state index contributed by atoms with van der Waals surface area (Å²) in [5.41, 5.74) is 1.05. The van der Waals surface area contributed by atoms with Gasteiger partial charge in [0, 0.05) is 23.9 Å². The van der Waals surface area contributed by atoms with E-state index in [1.54, 1.807) is 22.7 Å². The summed E-state index contributed by atoms with van der Waals surface area (Å²) in [5.74, 6) is 2.14. The maximum Gasteiger partial charge on any atom is 0.183 e. The summed E-state index contributed by atoms with van der Waals surface area (Å²) in [6.45, 7) is 5.31. The van der Waals surface area contributed by atoms with Gasteiger partial charge < -0.3 is 5.32 Å². The molecule has 0 saturated carbocycles. The van der Waals surface area contributed by atoms with Gasteiger partial charge in [-0.3, -0.25) is 0 Å². The third kappa shape index (κ3) is 3.70. The molecule has 0 fully saturated rings. The molecule has 3 nitrogen and oxygen atoms in total. The maximum atomic E-state index is 4.58. The van der Waals surface area contributed by atoms with Crippen molar-refractivity contribution in [2.45, 2.75) is 26.0 Å². The number of thiazole rings is 2. The van der Waals surface area contributed by atoms with Crippen molar-refractivity contribution >= 4 is 39.6 Å². The van der Waals surface area contributed by atoms with Crippen LogP contribution in [0.15, 0.2) is 11.6 Å². The van der Waals surface area contributed by atoms with Crippen LogP contribution >= 0.6 is 34.4 Å². The number of nitrogens with zero attached hydrogens (tertiary/aromatic N) is 2. The highest BCUT2D eigenvalue weighted by molar-refractivity contribution is 7.98. The lowest BCUT2D eigenvalue weighted by Gasteiger charge is -1.96. The van der Waals surface area contributed by atoms with Gasteiger partial charge in [-0.15, -0.1) is 22.7 Å². The SMILES string of the molecule is CCCNc1nc(-c2cnc(CSCC)s2)cs1. The molecule has 0 unspecified atom stereocenters. The zero-order chi connectivity index (χ0) is 12.8. The molecule has 2 heterocycles. The molecule has 0 radical (unpaired) electrons. The fraction of sp³-hybridized carbons (Fsp3) is 0.500. The summed E-state index contributed by atoms with van der Waals surface area (Å²) in [5, 5.41) is 7.60. The third-order valence-corrected chi connectivity index (χ3v) is 5.15. The number of thioether (sulfide) groups is 1. The van der Waals surface area contributed by atoms with Crippen molar-refractivity contribution in [2.24, 2.45) is 0 Å². The van der Waals surface area contributed by atoms with Crippen LogP contribution in [0.5, 0.6) is 0 Å². The summed E-state index contributed by atoms with van der Waals surface area (Å²) >= 11 is 5.31. The molecule has 0 bridgehead atoms. The Bertz CT molecular complexity index is 434. The van der Waals surface area contributed by atoms with E-state index >= 15 is 0 Å².